The summed E-state index contributed by atoms with van der Waals surface area (Å²) in [5, 5.41) is 9.29. The molecule has 1 N–H and O–H groups in total. The lowest BCUT2D eigenvalue weighted by Gasteiger charge is -2.26. The van der Waals surface area contributed by atoms with Gasteiger partial charge in [-0.1, -0.05) is 6.08 Å². The van der Waals surface area contributed by atoms with E-state index in [4.69, 9.17) is 0 Å². The van der Waals surface area contributed by atoms with Gasteiger partial charge in [-0.05, 0) is 32.0 Å². The third-order valence-electron chi connectivity index (χ3n) is 3.23. The van der Waals surface area contributed by atoms with Crippen LogP contribution in [-0.2, 0) is 0 Å². The Balaban J connectivity index is 2.14. The molecule has 2 rings (SSSR count). The van der Waals surface area contributed by atoms with Gasteiger partial charge >= 0.3 is 0 Å². The number of hydrogen-bond donors (Lipinski definition) is 1. The van der Waals surface area contributed by atoms with Crippen LogP contribution < -0.4 is 0 Å². The first-order valence-corrected chi connectivity index (χ1v) is 5.34. The van der Waals surface area contributed by atoms with Crippen molar-refractivity contribution in [3.05, 3.63) is 11.6 Å². The third-order valence-corrected chi connectivity index (χ3v) is 3.23. The molecule has 14 heavy (non-hydrogen) atoms. The molecule has 0 saturated carbocycles. The number of aliphatic imine (C=N–C) groups is 1. The second-order valence-electron chi connectivity index (χ2n) is 4.18. The molecule has 2 unspecified atom stereocenters. The van der Waals surface area contributed by atoms with E-state index in [1.807, 2.05) is 6.21 Å². The standard InChI is InChI=1S/C11H18N2O/c1-13-6-4-10(8-14)11(13)9-3-2-5-12-7-9/h3,7,10-11,14H,2,4-6,8H2,1H3. The molecule has 0 aromatic carbocycles. The van der Waals surface area contributed by atoms with E-state index in [9.17, 15) is 5.11 Å². The minimum Gasteiger partial charge on any atom is -0.396 e. The highest BCUT2D eigenvalue weighted by atomic mass is 16.3. The molecule has 2 aliphatic heterocycles. The molecule has 0 bridgehead atoms. The summed E-state index contributed by atoms with van der Waals surface area (Å²) in [7, 11) is 2.13. The Kier molecular flexibility index (Phi) is 2.99. The SMILES string of the molecule is CN1CCC(CO)C1C1=CCCN=C1. The van der Waals surface area contributed by atoms with Crippen LogP contribution in [0.2, 0.25) is 0 Å². The van der Waals surface area contributed by atoms with Gasteiger partial charge in [-0.3, -0.25) is 9.89 Å². The molecule has 2 heterocycles. The number of hydrogen-bond acceptors (Lipinski definition) is 3. The number of nitrogens with zero attached hydrogens (tertiary/aromatic N) is 2. The maximum atomic E-state index is 9.29. The Labute approximate surface area is 85.1 Å². The first-order chi connectivity index (χ1) is 6.83. The lowest BCUT2D eigenvalue weighted by molar-refractivity contribution is 0.201. The zero-order chi connectivity index (χ0) is 9.97. The van der Waals surface area contributed by atoms with Crippen molar-refractivity contribution in [2.24, 2.45) is 10.9 Å². The largest absolute Gasteiger partial charge is 0.396 e. The lowest BCUT2D eigenvalue weighted by Crippen LogP contribution is -2.33. The molecule has 0 aromatic heterocycles. The van der Waals surface area contributed by atoms with Crippen LogP contribution in [0.5, 0.6) is 0 Å². The van der Waals surface area contributed by atoms with Crippen LogP contribution in [0.1, 0.15) is 12.8 Å². The molecule has 3 heteroatoms. The Morgan fingerprint density at radius 2 is 2.50 bits per heavy atom. The Morgan fingerprint density at radius 1 is 1.64 bits per heavy atom. The van der Waals surface area contributed by atoms with E-state index in [0.29, 0.717) is 18.6 Å². The molecule has 78 valence electrons. The second kappa shape index (κ2) is 4.24. The second-order valence-corrected chi connectivity index (χ2v) is 4.18. The number of likely N-dealkylation sites (tertiary alicyclic amines) is 1. The molecule has 0 aromatic rings. The highest BCUT2D eigenvalue weighted by Gasteiger charge is 2.33. The van der Waals surface area contributed by atoms with Crippen molar-refractivity contribution < 1.29 is 5.11 Å². The van der Waals surface area contributed by atoms with Crippen LogP contribution in [0.15, 0.2) is 16.6 Å². The van der Waals surface area contributed by atoms with Crippen LogP contribution in [0, 0.1) is 5.92 Å². The summed E-state index contributed by atoms with van der Waals surface area (Å²) in [6.45, 7) is 2.30. The number of likely N-dealkylation sites (N-methyl/N-ethyl adjacent to an activating group) is 1. The van der Waals surface area contributed by atoms with Crippen LogP contribution in [0.25, 0.3) is 0 Å². The van der Waals surface area contributed by atoms with Crippen LogP contribution >= 0.6 is 0 Å². The average molecular weight is 194 g/mol. The van der Waals surface area contributed by atoms with Gasteiger partial charge in [0, 0.05) is 31.3 Å². The molecule has 0 spiro atoms. The topological polar surface area (TPSA) is 35.8 Å². The summed E-state index contributed by atoms with van der Waals surface area (Å²) in [4.78, 5) is 6.63. The molecule has 0 radical (unpaired) electrons. The van der Waals surface area contributed by atoms with E-state index < -0.39 is 0 Å². The molecule has 2 aliphatic rings. The van der Waals surface area contributed by atoms with Gasteiger partial charge in [0.05, 0.1) is 0 Å². The quantitative estimate of drug-likeness (QED) is 0.702. The summed E-state index contributed by atoms with van der Waals surface area (Å²) < 4.78 is 0. The minimum absolute atomic E-state index is 0.292. The number of dihydropyridines is 1. The monoisotopic (exact) mass is 194 g/mol. The van der Waals surface area contributed by atoms with Crippen molar-refractivity contribution in [3.8, 4) is 0 Å². The van der Waals surface area contributed by atoms with Crippen molar-refractivity contribution >= 4 is 6.21 Å². The molecular formula is C11H18N2O. The number of rotatable bonds is 2. The van der Waals surface area contributed by atoms with Crippen molar-refractivity contribution in [2.75, 3.05) is 26.7 Å². The van der Waals surface area contributed by atoms with Gasteiger partial charge < -0.3 is 5.11 Å². The number of aliphatic hydroxyl groups excluding tert-OH is 1. The van der Waals surface area contributed by atoms with E-state index in [0.717, 1.165) is 25.9 Å². The van der Waals surface area contributed by atoms with Gasteiger partial charge in [-0.15, -0.1) is 0 Å². The fourth-order valence-corrected chi connectivity index (χ4v) is 2.47. The zero-order valence-corrected chi connectivity index (χ0v) is 8.69. The van der Waals surface area contributed by atoms with E-state index in [1.165, 1.54) is 5.57 Å². The Bertz CT molecular complexity index is 260. The highest BCUT2D eigenvalue weighted by molar-refractivity contribution is 5.81. The number of aliphatic hydroxyl groups is 1. The van der Waals surface area contributed by atoms with Gasteiger partial charge in [0.1, 0.15) is 0 Å². The van der Waals surface area contributed by atoms with E-state index >= 15 is 0 Å². The van der Waals surface area contributed by atoms with Crippen molar-refractivity contribution in [1.29, 1.82) is 0 Å². The van der Waals surface area contributed by atoms with Gasteiger partial charge in [0.2, 0.25) is 0 Å². The third kappa shape index (κ3) is 1.74. The fraction of sp³-hybridized carbons (Fsp3) is 0.727. The average Bonchev–Trinajstić information content (AvgIpc) is 2.61. The lowest BCUT2D eigenvalue weighted by atomic mass is 9.93. The molecule has 0 amide bonds. The predicted octanol–water partition coefficient (Wildman–Crippen LogP) is 0.700. The first kappa shape index (κ1) is 9.87. The van der Waals surface area contributed by atoms with E-state index in [1.54, 1.807) is 0 Å². The normalized spacial score (nSPS) is 33.4. The van der Waals surface area contributed by atoms with Crippen LogP contribution in [-0.4, -0.2) is 49.0 Å². The maximum absolute atomic E-state index is 9.29. The summed E-state index contributed by atoms with van der Waals surface area (Å²) in [6, 6.07) is 0.393. The zero-order valence-electron chi connectivity index (χ0n) is 8.69. The highest BCUT2D eigenvalue weighted by Crippen LogP contribution is 2.28. The smallest absolute Gasteiger partial charge is 0.0478 e. The summed E-state index contributed by atoms with van der Waals surface area (Å²) >= 11 is 0. The van der Waals surface area contributed by atoms with Gasteiger partial charge in [-0.25, -0.2) is 0 Å². The van der Waals surface area contributed by atoms with Crippen LogP contribution in [0.3, 0.4) is 0 Å². The van der Waals surface area contributed by atoms with Crippen molar-refractivity contribution in [1.82, 2.24) is 4.90 Å². The Hall–Kier alpha value is -0.670. The summed E-state index contributed by atoms with van der Waals surface area (Å²) in [5.41, 5.74) is 1.30. The Morgan fingerprint density at radius 3 is 3.14 bits per heavy atom. The summed E-state index contributed by atoms with van der Waals surface area (Å²) in [6.07, 6.45) is 6.40. The molecule has 3 nitrogen and oxygen atoms in total. The molecule has 2 atom stereocenters. The molecule has 1 saturated heterocycles. The van der Waals surface area contributed by atoms with Gasteiger partial charge in [0.25, 0.3) is 0 Å². The fourth-order valence-electron chi connectivity index (χ4n) is 2.47. The van der Waals surface area contributed by atoms with Crippen molar-refractivity contribution in [3.63, 3.8) is 0 Å². The van der Waals surface area contributed by atoms with Crippen molar-refractivity contribution in [2.45, 2.75) is 18.9 Å². The predicted molar refractivity (Wildman–Crippen MR) is 57.7 cm³/mol. The molecule has 1 fully saturated rings. The molecular weight excluding hydrogens is 176 g/mol. The molecule has 0 aliphatic carbocycles. The van der Waals surface area contributed by atoms with Crippen LogP contribution in [0.4, 0.5) is 0 Å². The van der Waals surface area contributed by atoms with Gasteiger partial charge in [-0.2, -0.15) is 0 Å². The minimum atomic E-state index is 0.292. The van der Waals surface area contributed by atoms with Gasteiger partial charge in [0.15, 0.2) is 0 Å². The summed E-state index contributed by atoms with van der Waals surface area (Å²) in [5.74, 6) is 0.399. The first-order valence-electron chi connectivity index (χ1n) is 5.34. The van der Waals surface area contributed by atoms with E-state index in [-0.39, 0.29) is 0 Å². The maximum Gasteiger partial charge on any atom is 0.0478 e. The van der Waals surface area contributed by atoms with E-state index in [2.05, 4.69) is 23.0 Å².